The maximum atomic E-state index is 4.63. The molecule has 19 heavy (non-hydrogen) atoms. The fourth-order valence-electron chi connectivity index (χ4n) is 3.16. The molecule has 3 heteroatoms. The first-order valence-corrected chi connectivity index (χ1v) is 7.44. The van der Waals surface area contributed by atoms with E-state index in [2.05, 4.69) is 51.2 Å². The van der Waals surface area contributed by atoms with Gasteiger partial charge in [-0.1, -0.05) is 34.6 Å². The predicted octanol–water partition coefficient (Wildman–Crippen LogP) is 3.39. The van der Waals surface area contributed by atoms with Crippen LogP contribution in [0.15, 0.2) is 6.20 Å². The van der Waals surface area contributed by atoms with Gasteiger partial charge in [-0.25, -0.2) is 0 Å². The molecule has 1 unspecified atom stereocenters. The summed E-state index contributed by atoms with van der Waals surface area (Å²) in [5.41, 5.74) is 3.20. The Balaban J connectivity index is 2.01. The zero-order valence-corrected chi connectivity index (χ0v) is 13.4. The van der Waals surface area contributed by atoms with Crippen LogP contribution in [0, 0.1) is 5.41 Å². The number of hydrogen-bond acceptors (Lipinski definition) is 2. The van der Waals surface area contributed by atoms with Crippen molar-refractivity contribution in [3.8, 4) is 0 Å². The van der Waals surface area contributed by atoms with Gasteiger partial charge in [-0.15, -0.1) is 0 Å². The van der Waals surface area contributed by atoms with Crippen molar-refractivity contribution >= 4 is 0 Å². The van der Waals surface area contributed by atoms with Gasteiger partial charge in [0.2, 0.25) is 0 Å². The Labute approximate surface area is 117 Å². The summed E-state index contributed by atoms with van der Waals surface area (Å²) >= 11 is 0. The first kappa shape index (κ1) is 14.6. The molecule has 0 amide bonds. The van der Waals surface area contributed by atoms with Gasteiger partial charge in [0.25, 0.3) is 0 Å². The molecule has 1 saturated carbocycles. The van der Waals surface area contributed by atoms with Crippen molar-refractivity contribution in [3.05, 3.63) is 17.5 Å². The third kappa shape index (κ3) is 3.59. The number of rotatable bonds is 3. The molecule has 1 aromatic rings. The lowest BCUT2D eigenvalue weighted by Gasteiger charge is -2.20. The molecule has 3 nitrogen and oxygen atoms in total. The van der Waals surface area contributed by atoms with Crippen LogP contribution in [0.25, 0.3) is 0 Å². The highest BCUT2D eigenvalue weighted by Crippen LogP contribution is 2.37. The SMILES string of the molecule is Cn1cc(CNC2CCC(C)(C)C2)c(C(C)(C)C)n1. The lowest BCUT2D eigenvalue weighted by atomic mass is 9.89. The maximum Gasteiger partial charge on any atom is 0.0722 e. The molecule has 1 aliphatic carbocycles. The van der Waals surface area contributed by atoms with Crippen LogP contribution in [0.3, 0.4) is 0 Å². The van der Waals surface area contributed by atoms with Crippen LogP contribution in [0.5, 0.6) is 0 Å². The molecule has 0 aliphatic heterocycles. The molecule has 1 fully saturated rings. The van der Waals surface area contributed by atoms with Gasteiger partial charge in [0.15, 0.2) is 0 Å². The predicted molar refractivity (Wildman–Crippen MR) is 80.2 cm³/mol. The fraction of sp³-hybridized carbons (Fsp3) is 0.812. The quantitative estimate of drug-likeness (QED) is 0.906. The van der Waals surface area contributed by atoms with Gasteiger partial charge in [0.1, 0.15) is 0 Å². The van der Waals surface area contributed by atoms with E-state index in [-0.39, 0.29) is 5.41 Å². The molecule has 1 heterocycles. The van der Waals surface area contributed by atoms with Crippen LogP contribution >= 0.6 is 0 Å². The monoisotopic (exact) mass is 263 g/mol. The van der Waals surface area contributed by atoms with Crippen LogP contribution < -0.4 is 5.32 Å². The second-order valence-electron chi connectivity index (χ2n) is 7.91. The molecule has 0 bridgehead atoms. The van der Waals surface area contributed by atoms with Crippen molar-refractivity contribution in [3.63, 3.8) is 0 Å². The van der Waals surface area contributed by atoms with Crippen LogP contribution in [-0.2, 0) is 19.0 Å². The van der Waals surface area contributed by atoms with Gasteiger partial charge in [0, 0.05) is 36.8 Å². The van der Waals surface area contributed by atoms with Gasteiger partial charge < -0.3 is 5.32 Å². The summed E-state index contributed by atoms with van der Waals surface area (Å²) in [7, 11) is 2.01. The number of aryl methyl sites for hydroxylation is 1. The second-order valence-corrected chi connectivity index (χ2v) is 7.91. The third-order valence-electron chi connectivity index (χ3n) is 4.16. The smallest absolute Gasteiger partial charge is 0.0722 e. The Morgan fingerprint density at radius 2 is 2.11 bits per heavy atom. The van der Waals surface area contributed by atoms with Crippen LogP contribution in [0.2, 0.25) is 0 Å². The fourth-order valence-corrected chi connectivity index (χ4v) is 3.16. The van der Waals surface area contributed by atoms with E-state index in [0.29, 0.717) is 11.5 Å². The standard InChI is InChI=1S/C16H29N3/c1-15(2,3)14-12(11-19(6)18-14)10-17-13-7-8-16(4,5)9-13/h11,13,17H,7-10H2,1-6H3. The van der Waals surface area contributed by atoms with Crippen LogP contribution in [-0.4, -0.2) is 15.8 Å². The summed E-state index contributed by atoms with van der Waals surface area (Å²) in [6, 6.07) is 0.669. The van der Waals surface area contributed by atoms with Crippen molar-refractivity contribution in [2.24, 2.45) is 12.5 Å². The van der Waals surface area contributed by atoms with Gasteiger partial charge in [-0.05, 0) is 24.7 Å². The Hall–Kier alpha value is -0.830. The van der Waals surface area contributed by atoms with E-state index in [0.717, 1.165) is 6.54 Å². The van der Waals surface area contributed by atoms with E-state index in [1.807, 2.05) is 11.7 Å². The Bertz CT molecular complexity index is 437. The number of nitrogens with zero attached hydrogens (tertiary/aromatic N) is 2. The number of nitrogens with one attached hydrogen (secondary N) is 1. The molecular formula is C16H29N3. The molecule has 0 saturated heterocycles. The Morgan fingerprint density at radius 3 is 2.63 bits per heavy atom. The van der Waals surface area contributed by atoms with Crippen LogP contribution in [0.4, 0.5) is 0 Å². The first-order chi connectivity index (χ1) is 8.67. The van der Waals surface area contributed by atoms with Crippen LogP contribution in [0.1, 0.15) is 65.1 Å². The minimum absolute atomic E-state index is 0.118. The highest BCUT2D eigenvalue weighted by Gasteiger charge is 2.31. The summed E-state index contributed by atoms with van der Waals surface area (Å²) in [5, 5.41) is 8.36. The van der Waals surface area contributed by atoms with Crippen molar-refractivity contribution in [1.29, 1.82) is 0 Å². The van der Waals surface area contributed by atoms with E-state index in [1.54, 1.807) is 0 Å². The molecule has 1 aromatic heterocycles. The zero-order chi connectivity index (χ0) is 14.3. The molecule has 1 atom stereocenters. The van der Waals surface area contributed by atoms with Crippen molar-refractivity contribution in [1.82, 2.24) is 15.1 Å². The van der Waals surface area contributed by atoms with Gasteiger partial charge in [-0.2, -0.15) is 5.10 Å². The van der Waals surface area contributed by atoms with E-state index < -0.39 is 0 Å². The largest absolute Gasteiger partial charge is 0.310 e. The number of hydrogen-bond donors (Lipinski definition) is 1. The van der Waals surface area contributed by atoms with E-state index in [4.69, 9.17) is 0 Å². The minimum atomic E-state index is 0.118. The average molecular weight is 263 g/mol. The van der Waals surface area contributed by atoms with E-state index in [1.165, 1.54) is 30.5 Å². The topological polar surface area (TPSA) is 29.9 Å². The lowest BCUT2D eigenvalue weighted by molar-refractivity contribution is 0.364. The summed E-state index contributed by atoms with van der Waals surface area (Å²) in [6.07, 6.45) is 6.09. The van der Waals surface area contributed by atoms with Crippen molar-refractivity contribution in [2.45, 2.75) is 71.9 Å². The average Bonchev–Trinajstić information content (AvgIpc) is 2.78. The second kappa shape index (κ2) is 4.93. The minimum Gasteiger partial charge on any atom is -0.310 e. The van der Waals surface area contributed by atoms with Gasteiger partial charge >= 0.3 is 0 Å². The first-order valence-electron chi connectivity index (χ1n) is 7.44. The maximum absolute atomic E-state index is 4.63. The molecule has 1 aliphatic rings. The third-order valence-corrected chi connectivity index (χ3v) is 4.16. The summed E-state index contributed by atoms with van der Waals surface area (Å²) in [4.78, 5) is 0. The van der Waals surface area contributed by atoms with E-state index >= 15 is 0 Å². The van der Waals surface area contributed by atoms with Gasteiger partial charge in [-0.3, -0.25) is 4.68 Å². The molecule has 0 radical (unpaired) electrons. The Kier molecular flexibility index (Phi) is 3.78. The zero-order valence-electron chi connectivity index (χ0n) is 13.4. The highest BCUT2D eigenvalue weighted by molar-refractivity contribution is 5.24. The molecular weight excluding hydrogens is 234 g/mol. The van der Waals surface area contributed by atoms with E-state index in [9.17, 15) is 0 Å². The summed E-state index contributed by atoms with van der Waals surface area (Å²) in [6.45, 7) is 12.4. The van der Waals surface area contributed by atoms with Gasteiger partial charge in [0.05, 0.1) is 5.69 Å². The molecule has 1 N–H and O–H groups in total. The van der Waals surface area contributed by atoms with Crippen molar-refractivity contribution in [2.75, 3.05) is 0 Å². The molecule has 108 valence electrons. The lowest BCUT2D eigenvalue weighted by Crippen LogP contribution is -2.28. The highest BCUT2D eigenvalue weighted by atomic mass is 15.3. The number of aromatic nitrogens is 2. The normalized spacial score (nSPS) is 22.9. The Morgan fingerprint density at radius 1 is 1.42 bits per heavy atom. The summed E-state index contributed by atoms with van der Waals surface area (Å²) < 4.78 is 1.94. The summed E-state index contributed by atoms with van der Waals surface area (Å²) in [5.74, 6) is 0. The van der Waals surface area contributed by atoms with Crippen molar-refractivity contribution < 1.29 is 0 Å². The molecule has 0 aromatic carbocycles. The molecule has 0 spiro atoms. The molecule has 2 rings (SSSR count).